The molecule has 0 atom stereocenters. The fourth-order valence-corrected chi connectivity index (χ4v) is 4.99. The molecule has 0 spiro atoms. The summed E-state index contributed by atoms with van der Waals surface area (Å²) < 4.78 is 32.4. The first-order valence-electron chi connectivity index (χ1n) is 9.49. The summed E-state index contributed by atoms with van der Waals surface area (Å²) in [5.74, 6) is 0.955. The first-order valence-corrected chi connectivity index (χ1v) is 10.9. The van der Waals surface area contributed by atoms with E-state index >= 15 is 0 Å². The molecule has 1 saturated heterocycles. The van der Waals surface area contributed by atoms with Gasteiger partial charge in [0.15, 0.2) is 5.82 Å². The summed E-state index contributed by atoms with van der Waals surface area (Å²) >= 11 is 0. The van der Waals surface area contributed by atoms with Gasteiger partial charge in [0.1, 0.15) is 11.4 Å². The summed E-state index contributed by atoms with van der Waals surface area (Å²) in [7, 11) is -2.05. The summed E-state index contributed by atoms with van der Waals surface area (Å²) in [6, 6.07) is 7.83. The van der Waals surface area contributed by atoms with Gasteiger partial charge in [0.05, 0.1) is 23.9 Å². The zero-order valence-corrected chi connectivity index (χ0v) is 17.2. The quantitative estimate of drug-likeness (QED) is 0.660. The van der Waals surface area contributed by atoms with Crippen LogP contribution in [0.25, 0.3) is 11.5 Å². The van der Waals surface area contributed by atoms with Crippen LogP contribution in [0, 0.1) is 0 Å². The maximum absolute atomic E-state index is 12.9. The Hall–Kier alpha value is -3.11. The summed E-state index contributed by atoms with van der Waals surface area (Å²) in [6.45, 7) is 0.710. The van der Waals surface area contributed by atoms with Crippen LogP contribution in [0.4, 0.5) is 0 Å². The minimum atomic E-state index is -3.58. The van der Waals surface area contributed by atoms with Crippen LogP contribution in [0.15, 0.2) is 58.6 Å². The van der Waals surface area contributed by atoms with Gasteiger partial charge in [-0.15, -0.1) is 0 Å². The second-order valence-corrected chi connectivity index (χ2v) is 8.90. The fraction of sp³-hybridized carbons (Fsp3) is 0.300. The lowest BCUT2D eigenvalue weighted by atomic mass is 9.94. The Morgan fingerprint density at radius 2 is 1.87 bits per heavy atom. The largest absolute Gasteiger partial charge is 0.497 e. The highest BCUT2D eigenvalue weighted by molar-refractivity contribution is 7.89. The third-order valence-electron chi connectivity index (χ3n) is 5.14. The van der Waals surface area contributed by atoms with Crippen molar-refractivity contribution in [3.8, 4) is 17.3 Å². The highest BCUT2D eigenvalue weighted by Crippen LogP contribution is 2.30. The summed E-state index contributed by atoms with van der Waals surface area (Å²) in [5.41, 5.74) is 0.853. The molecule has 3 aromatic rings. The van der Waals surface area contributed by atoms with Gasteiger partial charge in [-0.2, -0.15) is 4.31 Å². The predicted octanol–water partition coefficient (Wildman–Crippen LogP) is 1.80. The molecule has 9 nitrogen and oxygen atoms in total. The molecule has 0 radical (unpaired) electrons. The van der Waals surface area contributed by atoms with Crippen LogP contribution in [0.3, 0.4) is 0 Å². The zero-order valence-electron chi connectivity index (χ0n) is 16.4. The Labute approximate surface area is 173 Å². The predicted molar refractivity (Wildman–Crippen MR) is 110 cm³/mol. The number of nitrogens with zero attached hydrogens (tertiary/aromatic N) is 4. The van der Waals surface area contributed by atoms with Crippen LogP contribution in [0.1, 0.15) is 24.5 Å². The molecule has 0 saturated carbocycles. The topological polar surface area (TPSA) is 118 Å². The smallest absolute Gasteiger partial charge is 0.251 e. The number of nitrogens with one attached hydrogen (secondary N) is 1. The van der Waals surface area contributed by atoms with Gasteiger partial charge in [-0.3, -0.25) is 9.78 Å². The van der Waals surface area contributed by atoms with Crippen LogP contribution in [-0.2, 0) is 10.0 Å². The third kappa shape index (κ3) is 4.10. The van der Waals surface area contributed by atoms with E-state index in [9.17, 15) is 13.2 Å². The fourth-order valence-electron chi connectivity index (χ4n) is 3.52. The molecule has 1 aliphatic rings. The molecule has 1 aliphatic heterocycles. The molecule has 2 aromatic heterocycles. The van der Waals surface area contributed by atoms with Gasteiger partial charge in [0.25, 0.3) is 5.56 Å². The molecule has 1 aromatic carbocycles. The lowest BCUT2D eigenvalue weighted by Crippen LogP contribution is -2.38. The van der Waals surface area contributed by atoms with Crippen molar-refractivity contribution in [2.45, 2.75) is 23.7 Å². The standard InChI is InChI=1S/C20H21N5O4S/c1-29-15-2-4-16(5-3-15)30(27,28)25-10-6-14(7-11-25)17-12-19(26)24-20(23-17)18-13-21-8-9-22-18/h2-5,8-9,12-14H,6-7,10-11H2,1H3,(H,23,24,26). The van der Waals surface area contributed by atoms with E-state index in [0.29, 0.717) is 48.9 Å². The maximum atomic E-state index is 12.9. The Kier molecular flexibility index (Phi) is 5.60. The zero-order chi connectivity index (χ0) is 21.1. The minimum absolute atomic E-state index is 0.00922. The van der Waals surface area contributed by atoms with E-state index in [1.807, 2.05) is 0 Å². The minimum Gasteiger partial charge on any atom is -0.497 e. The first-order chi connectivity index (χ1) is 14.5. The van der Waals surface area contributed by atoms with Gasteiger partial charge in [-0.05, 0) is 37.1 Å². The molecular weight excluding hydrogens is 406 g/mol. The second kappa shape index (κ2) is 8.33. The Balaban J connectivity index is 1.50. The molecule has 30 heavy (non-hydrogen) atoms. The Morgan fingerprint density at radius 3 is 2.50 bits per heavy atom. The third-order valence-corrected chi connectivity index (χ3v) is 7.05. The van der Waals surface area contributed by atoms with Crippen molar-refractivity contribution in [1.29, 1.82) is 0 Å². The lowest BCUT2D eigenvalue weighted by molar-refractivity contribution is 0.316. The van der Waals surface area contributed by atoms with Crippen molar-refractivity contribution in [2.75, 3.05) is 20.2 Å². The monoisotopic (exact) mass is 427 g/mol. The molecule has 156 valence electrons. The molecule has 3 heterocycles. The maximum Gasteiger partial charge on any atom is 0.251 e. The van der Waals surface area contributed by atoms with E-state index in [1.54, 1.807) is 30.5 Å². The molecule has 0 amide bonds. The first kappa shape index (κ1) is 20.2. The molecule has 0 aliphatic carbocycles. The molecule has 0 bridgehead atoms. The number of rotatable bonds is 5. The Bertz CT molecular complexity index is 1170. The summed E-state index contributed by atoms with van der Waals surface area (Å²) in [4.78, 5) is 27.8. The molecule has 10 heteroatoms. The number of hydrogen-bond acceptors (Lipinski definition) is 7. The van der Waals surface area contributed by atoms with Crippen molar-refractivity contribution >= 4 is 10.0 Å². The van der Waals surface area contributed by atoms with Crippen LogP contribution in [0.5, 0.6) is 5.75 Å². The molecule has 1 fully saturated rings. The van der Waals surface area contributed by atoms with Gasteiger partial charge >= 0.3 is 0 Å². The van der Waals surface area contributed by atoms with E-state index < -0.39 is 10.0 Å². The van der Waals surface area contributed by atoms with Crippen molar-refractivity contribution in [3.63, 3.8) is 0 Å². The van der Waals surface area contributed by atoms with Crippen LogP contribution in [-0.4, -0.2) is 52.9 Å². The number of H-pyrrole nitrogens is 1. The van der Waals surface area contributed by atoms with Gasteiger partial charge in [-0.1, -0.05) is 0 Å². The SMILES string of the molecule is COc1ccc(S(=O)(=O)N2CCC(c3cc(=O)[nH]c(-c4cnccn4)n3)CC2)cc1. The van der Waals surface area contributed by atoms with Crippen molar-refractivity contribution in [2.24, 2.45) is 0 Å². The highest BCUT2D eigenvalue weighted by atomic mass is 32.2. The number of hydrogen-bond donors (Lipinski definition) is 1. The summed E-state index contributed by atoms with van der Waals surface area (Å²) in [5, 5.41) is 0. The molecule has 4 rings (SSSR count). The second-order valence-electron chi connectivity index (χ2n) is 6.96. The van der Waals surface area contributed by atoms with Crippen LogP contribution < -0.4 is 10.3 Å². The molecule has 1 N–H and O–H groups in total. The number of benzene rings is 1. The van der Waals surface area contributed by atoms with Crippen LogP contribution >= 0.6 is 0 Å². The summed E-state index contributed by atoms with van der Waals surface area (Å²) in [6.07, 6.45) is 5.76. The lowest BCUT2D eigenvalue weighted by Gasteiger charge is -2.31. The number of ether oxygens (including phenoxy) is 1. The number of piperidine rings is 1. The average Bonchev–Trinajstić information content (AvgIpc) is 2.79. The number of methoxy groups -OCH3 is 1. The molecule has 0 unspecified atom stereocenters. The number of sulfonamides is 1. The van der Waals surface area contributed by atoms with E-state index in [1.165, 1.54) is 29.9 Å². The number of aromatic nitrogens is 4. The normalized spacial score (nSPS) is 15.8. The molecular formula is C20H21N5O4S. The van der Waals surface area contributed by atoms with Gasteiger partial charge in [0.2, 0.25) is 10.0 Å². The van der Waals surface area contributed by atoms with E-state index in [4.69, 9.17) is 4.74 Å². The van der Waals surface area contributed by atoms with Crippen molar-refractivity contribution < 1.29 is 13.2 Å². The van der Waals surface area contributed by atoms with E-state index in [0.717, 1.165) is 0 Å². The Morgan fingerprint density at radius 1 is 1.13 bits per heavy atom. The van der Waals surface area contributed by atoms with Gasteiger partial charge in [-0.25, -0.2) is 18.4 Å². The van der Waals surface area contributed by atoms with Crippen LogP contribution in [0.2, 0.25) is 0 Å². The van der Waals surface area contributed by atoms with Gasteiger partial charge in [0, 0.05) is 37.5 Å². The average molecular weight is 427 g/mol. The van der Waals surface area contributed by atoms with Gasteiger partial charge < -0.3 is 9.72 Å². The highest BCUT2D eigenvalue weighted by Gasteiger charge is 2.30. The van der Waals surface area contributed by atoms with E-state index in [2.05, 4.69) is 19.9 Å². The number of aromatic amines is 1. The van der Waals surface area contributed by atoms with E-state index in [-0.39, 0.29) is 16.4 Å². The van der Waals surface area contributed by atoms with Crippen molar-refractivity contribution in [3.05, 3.63) is 65.0 Å². The van der Waals surface area contributed by atoms with Crippen molar-refractivity contribution in [1.82, 2.24) is 24.2 Å².